The first-order chi connectivity index (χ1) is 12.6. The fourth-order valence-corrected chi connectivity index (χ4v) is 3.35. The molecule has 0 aliphatic carbocycles. The van der Waals surface area contributed by atoms with E-state index in [-0.39, 0.29) is 29.8 Å². The van der Waals surface area contributed by atoms with E-state index in [1.165, 1.54) is 12.1 Å². The van der Waals surface area contributed by atoms with Crippen molar-refractivity contribution in [1.82, 2.24) is 4.90 Å². The van der Waals surface area contributed by atoms with Gasteiger partial charge in [0.25, 0.3) is 0 Å². The maximum atomic E-state index is 12.1. The minimum absolute atomic E-state index is 0.0213. The van der Waals surface area contributed by atoms with Crippen LogP contribution in [0.4, 0.5) is 11.4 Å². The molecule has 0 saturated carbocycles. The van der Waals surface area contributed by atoms with Crippen LogP contribution in [0.5, 0.6) is 0 Å². The van der Waals surface area contributed by atoms with Gasteiger partial charge in [0.15, 0.2) is 9.84 Å². The molecule has 0 bridgehead atoms. The molecule has 0 aliphatic rings. The van der Waals surface area contributed by atoms with Crippen LogP contribution < -0.4 is 10.6 Å². The molecule has 0 aromatic heterocycles. The Kier molecular flexibility index (Phi) is 7.11. The largest absolute Gasteiger partial charge is 0.325 e. The molecule has 2 aromatic carbocycles. The number of sulfone groups is 1. The van der Waals surface area contributed by atoms with Gasteiger partial charge in [0.1, 0.15) is 0 Å². The van der Waals surface area contributed by atoms with Crippen molar-refractivity contribution >= 4 is 49.0 Å². The molecule has 0 spiro atoms. The van der Waals surface area contributed by atoms with Crippen molar-refractivity contribution in [1.29, 1.82) is 0 Å². The molecule has 9 heteroatoms. The molecule has 27 heavy (non-hydrogen) atoms. The maximum absolute atomic E-state index is 12.1. The Balaban J connectivity index is 1.88. The van der Waals surface area contributed by atoms with E-state index in [0.717, 1.165) is 10.7 Å². The summed E-state index contributed by atoms with van der Waals surface area (Å²) in [7, 11) is -1.71. The fraction of sp³-hybridized carbons (Fsp3) is 0.222. The zero-order chi connectivity index (χ0) is 20.0. The van der Waals surface area contributed by atoms with Gasteiger partial charge in [0.05, 0.1) is 23.7 Å². The van der Waals surface area contributed by atoms with Crippen LogP contribution in [0, 0.1) is 0 Å². The molecular weight excluding hydrogens is 434 g/mol. The van der Waals surface area contributed by atoms with Gasteiger partial charge in [-0.05, 0) is 53.3 Å². The monoisotopic (exact) mass is 453 g/mol. The number of rotatable bonds is 7. The lowest BCUT2D eigenvalue weighted by molar-refractivity contribution is -0.119. The summed E-state index contributed by atoms with van der Waals surface area (Å²) in [4.78, 5) is 25.9. The molecule has 2 aromatic rings. The molecule has 2 rings (SSSR count). The molecule has 0 atom stereocenters. The zero-order valence-corrected chi connectivity index (χ0v) is 17.3. The third-order valence-corrected chi connectivity index (χ3v) is 5.32. The lowest BCUT2D eigenvalue weighted by atomic mass is 10.3. The molecule has 2 N–H and O–H groups in total. The second-order valence-corrected chi connectivity index (χ2v) is 8.92. The Morgan fingerprint density at radius 3 is 2.26 bits per heavy atom. The van der Waals surface area contributed by atoms with Crippen LogP contribution in [-0.2, 0) is 19.4 Å². The topological polar surface area (TPSA) is 95.6 Å². The van der Waals surface area contributed by atoms with E-state index in [4.69, 9.17) is 0 Å². The highest BCUT2D eigenvalue weighted by atomic mass is 79.9. The van der Waals surface area contributed by atoms with Gasteiger partial charge in [0.2, 0.25) is 11.8 Å². The first-order valence-corrected chi connectivity index (χ1v) is 10.7. The van der Waals surface area contributed by atoms with Crippen molar-refractivity contribution in [3.8, 4) is 0 Å². The van der Waals surface area contributed by atoms with Crippen LogP contribution in [0.2, 0.25) is 0 Å². The lowest BCUT2D eigenvalue weighted by Crippen LogP contribution is -2.36. The summed E-state index contributed by atoms with van der Waals surface area (Å²) in [6.45, 7) is 0.00458. The first kappa shape index (κ1) is 21.1. The van der Waals surface area contributed by atoms with Gasteiger partial charge in [-0.3, -0.25) is 14.5 Å². The summed E-state index contributed by atoms with van der Waals surface area (Å²) >= 11 is 3.35. The summed E-state index contributed by atoms with van der Waals surface area (Å²) < 4.78 is 23.9. The zero-order valence-electron chi connectivity index (χ0n) is 14.9. The van der Waals surface area contributed by atoms with E-state index in [2.05, 4.69) is 26.6 Å². The summed E-state index contributed by atoms with van der Waals surface area (Å²) in [5.41, 5.74) is 1.03. The van der Waals surface area contributed by atoms with Crippen LogP contribution in [0.3, 0.4) is 0 Å². The highest BCUT2D eigenvalue weighted by molar-refractivity contribution is 9.10. The highest BCUT2D eigenvalue weighted by Gasteiger charge is 2.13. The van der Waals surface area contributed by atoms with Crippen molar-refractivity contribution in [3.63, 3.8) is 0 Å². The van der Waals surface area contributed by atoms with Gasteiger partial charge in [-0.25, -0.2) is 8.42 Å². The maximum Gasteiger partial charge on any atom is 0.238 e. The van der Waals surface area contributed by atoms with E-state index in [0.29, 0.717) is 11.4 Å². The van der Waals surface area contributed by atoms with Gasteiger partial charge in [-0.1, -0.05) is 18.2 Å². The van der Waals surface area contributed by atoms with E-state index >= 15 is 0 Å². The van der Waals surface area contributed by atoms with Crippen molar-refractivity contribution in [3.05, 3.63) is 53.0 Å². The van der Waals surface area contributed by atoms with Gasteiger partial charge in [-0.2, -0.15) is 0 Å². The van der Waals surface area contributed by atoms with Crippen molar-refractivity contribution < 1.29 is 18.0 Å². The summed E-state index contributed by atoms with van der Waals surface area (Å²) in [6, 6.07) is 13.3. The van der Waals surface area contributed by atoms with Gasteiger partial charge < -0.3 is 10.6 Å². The van der Waals surface area contributed by atoms with Crippen LogP contribution in [0.25, 0.3) is 0 Å². The van der Waals surface area contributed by atoms with Crippen molar-refractivity contribution in [2.24, 2.45) is 0 Å². The summed E-state index contributed by atoms with van der Waals surface area (Å²) in [5.74, 6) is -0.604. The quantitative estimate of drug-likeness (QED) is 0.670. The van der Waals surface area contributed by atoms with E-state index in [1.807, 2.05) is 18.2 Å². The van der Waals surface area contributed by atoms with Crippen molar-refractivity contribution in [2.75, 3.05) is 37.0 Å². The molecule has 144 valence electrons. The second kappa shape index (κ2) is 9.12. The molecule has 0 saturated heterocycles. The Morgan fingerprint density at radius 2 is 1.63 bits per heavy atom. The number of carbonyl (C=O) groups excluding carboxylic acids is 2. The Labute approximate surface area is 166 Å². The number of hydrogen-bond donors (Lipinski definition) is 2. The lowest BCUT2D eigenvalue weighted by Gasteiger charge is -2.16. The smallest absolute Gasteiger partial charge is 0.238 e. The molecule has 0 unspecified atom stereocenters. The number of carbonyl (C=O) groups is 2. The molecule has 2 amide bonds. The molecule has 0 aliphatic heterocycles. The van der Waals surface area contributed by atoms with E-state index < -0.39 is 9.84 Å². The fourth-order valence-electron chi connectivity index (χ4n) is 2.30. The first-order valence-electron chi connectivity index (χ1n) is 7.98. The Morgan fingerprint density at radius 1 is 1.00 bits per heavy atom. The van der Waals surface area contributed by atoms with E-state index in [9.17, 15) is 18.0 Å². The number of nitrogens with one attached hydrogen (secondary N) is 2. The standard InChI is InChI=1S/C18H20BrN3O4S/c1-22(12-18(24)21-16-9-4-3-8-15(16)19)11-17(23)20-13-6-5-7-14(10-13)27(2,25)26/h3-10H,11-12H2,1-2H3,(H,20,23)(H,21,24). The number of halogens is 1. The highest BCUT2D eigenvalue weighted by Crippen LogP contribution is 2.21. The number of benzene rings is 2. The third-order valence-electron chi connectivity index (χ3n) is 3.52. The van der Waals surface area contributed by atoms with Gasteiger partial charge in [0, 0.05) is 16.4 Å². The number of anilines is 2. The average molecular weight is 454 g/mol. The minimum Gasteiger partial charge on any atom is -0.325 e. The normalized spacial score (nSPS) is 11.3. The minimum atomic E-state index is -3.35. The summed E-state index contributed by atoms with van der Waals surface area (Å²) in [6.07, 6.45) is 1.10. The second-order valence-electron chi connectivity index (χ2n) is 6.05. The number of likely N-dealkylation sites (N-methyl/N-ethyl adjacent to an activating group) is 1. The predicted molar refractivity (Wildman–Crippen MR) is 108 cm³/mol. The number of amides is 2. The number of hydrogen-bond acceptors (Lipinski definition) is 5. The SMILES string of the molecule is CN(CC(=O)Nc1cccc(S(C)(=O)=O)c1)CC(=O)Nc1ccccc1Br. The Bertz CT molecular complexity index is 947. The molecular formula is C18H20BrN3O4S. The van der Waals surface area contributed by atoms with Crippen LogP contribution in [0.15, 0.2) is 57.9 Å². The van der Waals surface area contributed by atoms with Gasteiger partial charge >= 0.3 is 0 Å². The number of para-hydroxylation sites is 1. The molecule has 0 heterocycles. The average Bonchev–Trinajstić information content (AvgIpc) is 2.56. The van der Waals surface area contributed by atoms with Crippen molar-refractivity contribution in [2.45, 2.75) is 4.90 Å². The molecule has 7 nitrogen and oxygen atoms in total. The third kappa shape index (κ3) is 6.78. The van der Waals surface area contributed by atoms with Crippen LogP contribution >= 0.6 is 15.9 Å². The van der Waals surface area contributed by atoms with Crippen LogP contribution in [-0.4, -0.2) is 51.5 Å². The molecule has 0 radical (unpaired) electrons. The van der Waals surface area contributed by atoms with Crippen LogP contribution in [0.1, 0.15) is 0 Å². The van der Waals surface area contributed by atoms with E-state index in [1.54, 1.807) is 30.1 Å². The molecule has 0 fully saturated rings. The van der Waals surface area contributed by atoms with Gasteiger partial charge in [-0.15, -0.1) is 0 Å². The Hall–Kier alpha value is -2.23. The summed E-state index contributed by atoms with van der Waals surface area (Å²) in [5, 5.41) is 5.40. The predicted octanol–water partition coefficient (Wildman–Crippen LogP) is 2.36. The number of nitrogens with zero attached hydrogens (tertiary/aromatic N) is 1.